The number of halogens is 2. The van der Waals surface area contributed by atoms with Gasteiger partial charge in [0.15, 0.2) is 11.6 Å². The van der Waals surface area contributed by atoms with E-state index in [0.717, 1.165) is 12.3 Å². The molecule has 5 rings (SSSR count). The van der Waals surface area contributed by atoms with Gasteiger partial charge in [0, 0.05) is 24.1 Å². The third kappa shape index (κ3) is 4.02. The predicted octanol–water partition coefficient (Wildman–Crippen LogP) is 5.51. The van der Waals surface area contributed by atoms with Crippen LogP contribution in [0.25, 0.3) is 22.2 Å². The van der Waals surface area contributed by atoms with Crippen LogP contribution in [0.1, 0.15) is 10.4 Å². The SMILES string of the molecule is O=C(Nc1ccc(Oc2ccnc3[nH]ccc23)c(F)c1)c1cocc(-c2ccc(F)cc2)c1=O. The Balaban J connectivity index is 1.37. The van der Waals surface area contributed by atoms with E-state index in [4.69, 9.17) is 9.15 Å². The van der Waals surface area contributed by atoms with Crippen LogP contribution in [0, 0.1) is 11.6 Å². The van der Waals surface area contributed by atoms with Crippen molar-refractivity contribution in [3.63, 3.8) is 0 Å². The van der Waals surface area contributed by atoms with Gasteiger partial charge in [0.25, 0.3) is 5.91 Å². The average molecular weight is 459 g/mol. The number of pyridine rings is 1. The van der Waals surface area contributed by atoms with Crippen LogP contribution >= 0.6 is 0 Å². The summed E-state index contributed by atoms with van der Waals surface area (Å²) < 4.78 is 38.7. The number of carbonyl (C=O) groups excluding carboxylic acids is 1. The van der Waals surface area contributed by atoms with Gasteiger partial charge in [-0.25, -0.2) is 13.8 Å². The molecule has 2 N–H and O–H groups in total. The third-order valence-electron chi connectivity index (χ3n) is 5.09. The zero-order valence-corrected chi connectivity index (χ0v) is 17.3. The zero-order valence-electron chi connectivity index (χ0n) is 17.3. The van der Waals surface area contributed by atoms with Gasteiger partial charge in [-0.2, -0.15) is 0 Å². The second-order valence-corrected chi connectivity index (χ2v) is 7.29. The maximum Gasteiger partial charge on any atom is 0.262 e. The Morgan fingerprint density at radius 1 is 1.00 bits per heavy atom. The molecule has 0 saturated carbocycles. The maximum atomic E-state index is 14.7. The molecule has 0 aliphatic rings. The quantitative estimate of drug-likeness (QED) is 0.361. The largest absolute Gasteiger partial charge is 0.471 e. The van der Waals surface area contributed by atoms with Gasteiger partial charge in [-0.05, 0) is 42.0 Å². The molecule has 1 amide bonds. The molecule has 3 heterocycles. The lowest BCUT2D eigenvalue weighted by Gasteiger charge is -2.10. The minimum Gasteiger partial charge on any atom is -0.471 e. The molecule has 0 unspecified atom stereocenters. The lowest BCUT2D eigenvalue weighted by molar-refractivity contribution is 0.102. The van der Waals surface area contributed by atoms with Gasteiger partial charge >= 0.3 is 0 Å². The lowest BCUT2D eigenvalue weighted by atomic mass is 10.1. The number of nitrogens with one attached hydrogen (secondary N) is 2. The number of ether oxygens (including phenoxy) is 1. The summed E-state index contributed by atoms with van der Waals surface area (Å²) in [4.78, 5) is 32.6. The lowest BCUT2D eigenvalue weighted by Crippen LogP contribution is -2.22. The first-order valence-corrected chi connectivity index (χ1v) is 10.1. The number of aromatic nitrogens is 2. The van der Waals surface area contributed by atoms with Gasteiger partial charge in [-0.15, -0.1) is 0 Å². The molecule has 168 valence electrons. The first-order valence-electron chi connectivity index (χ1n) is 10.1. The molecule has 0 bridgehead atoms. The topological polar surface area (TPSA) is 97.2 Å². The third-order valence-corrected chi connectivity index (χ3v) is 5.09. The zero-order chi connectivity index (χ0) is 23.7. The first kappa shape index (κ1) is 21.1. The molecule has 0 saturated heterocycles. The van der Waals surface area contributed by atoms with E-state index in [2.05, 4.69) is 15.3 Å². The highest BCUT2D eigenvalue weighted by Gasteiger charge is 2.17. The summed E-state index contributed by atoms with van der Waals surface area (Å²) in [7, 11) is 0. The monoisotopic (exact) mass is 459 g/mol. The number of benzene rings is 2. The normalized spacial score (nSPS) is 10.9. The predicted molar refractivity (Wildman–Crippen MR) is 121 cm³/mol. The minimum absolute atomic E-state index is 0.0514. The summed E-state index contributed by atoms with van der Waals surface area (Å²) in [6.07, 6.45) is 5.41. The van der Waals surface area contributed by atoms with E-state index >= 15 is 0 Å². The van der Waals surface area contributed by atoms with Crippen molar-refractivity contribution in [1.29, 1.82) is 0 Å². The van der Waals surface area contributed by atoms with Crippen LogP contribution in [-0.2, 0) is 0 Å². The van der Waals surface area contributed by atoms with Crippen molar-refractivity contribution < 1.29 is 22.7 Å². The Morgan fingerprint density at radius 3 is 2.62 bits per heavy atom. The van der Waals surface area contributed by atoms with E-state index in [-0.39, 0.29) is 22.6 Å². The van der Waals surface area contributed by atoms with Crippen LogP contribution in [0.4, 0.5) is 14.5 Å². The van der Waals surface area contributed by atoms with Crippen molar-refractivity contribution in [3.8, 4) is 22.6 Å². The average Bonchev–Trinajstić information content (AvgIpc) is 3.31. The fourth-order valence-corrected chi connectivity index (χ4v) is 3.41. The van der Waals surface area contributed by atoms with Crippen LogP contribution in [0.3, 0.4) is 0 Å². The number of H-pyrrole nitrogens is 1. The van der Waals surface area contributed by atoms with Crippen LogP contribution in [0.2, 0.25) is 0 Å². The van der Waals surface area contributed by atoms with E-state index in [0.29, 0.717) is 22.3 Å². The van der Waals surface area contributed by atoms with E-state index in [1.54, 1.807) is 18.3 Å². The van der Waals surface area contributed by atoms with Crippen molar-refractivity contribution in [1.82, 2.24) is 9.97 Å². The number of hydrogen-bond acceptors (Lipinski definition) is 5. The number of hydrogen-bond donors (Lipinski definition) is 2. The van der Waals surface area contributed by atoms with Crippen molar-refractivity contribution >= 4 is 22.6 Å². The molecule has 9 heteroatoms. The molecule has 3 aromatic heterocycles. The standard InChI is InChI=1S/C25H15F2N3O4/c26-15-3-1-14(2-4-15)18-12-33-13-19(23(18)31)25(32)30-16-5-6-22(20(27)11-16)34-21-8-10-29-24-17(21)7-9-28-24/h1-13H,(H,28,29)(H,30,32). The highest BCUT2D eigenvalue weighted by Crippen LogP contribution is 2.31. The summed E-state index contributed by atoms with van der Waals surface area (Å²) in [6, 6.07) is 12.5. The summed E-state index contributed by atoms with van der Waals surface area (Å²) in [5.41, 5.74) is 0.311. The second-order valence-electron chi connectivity index (χ2n) is 7.29. The van der Waals surface area contributed by atoms with Gasteiger partial charge in [-0.1, -0.05) is 12.1 Å². The Hall–Kier alpha value is -4.79. The molecular weight excluding hydrogens is 444 g/mol. The summed E-state index contributed by atoms with van der Waals surface area (Å²) >= 11 is 0. The molecule has 0 aliphatic heterocycles. The molecule has 0 atom stereocenters. The van der Waals surface area contributed by atoms with E-state index in [1.165, 1.54) is 48.9 Å². The number of aromatic amines is 1. The van der Waals surface area contributed by atoms with Crippen molar-refractivity contribution in [3.05, 3.63) is 107 Å². The van der Waals surface area contributed by atoms with Crippen LogP contribution in [-0.4, -0.2) is 15.9 Å². The second kappa shape index (κ2) is 8.62. The maximum absolute atomic E-state index is 14.7. The van der Waals surface area contributed by atoms with Gasteiger partial charge in [0.2, 0.25) is 5.43 Å². The van der Waals surface area contributed by atoms with Gasteiger partial charge < -0.3 is 19.5 Å². The highest BCUT2D eigenvalue weighted by atomic mass is 19.1. The first-order chi connectivity index (χ1) is 16.5. The molecule has 0 spiro atoms. The van der Waals surface area contributed by atoms with Crippen molar-refractivity contribution in [2.24, 2.45) is 0 Å². The molecule has 0 aliphatic carbocycles. The number of nitrogens with zero attached hydrogens (tertiary/aromatic N) is 1. The summed E-state index contributed by atoms with van der Waals surface area (Å²) in [5.74, 6) is -1.60. The molecule has 2 aromatic carbocycles. The Bertz CT molecular complexity index is 1580. The van der Waals surface area contributed by atoms with Crippen molar-refractivity contribution in [2.45, 2.75) is 0 Å². The molecular formula is C25H15F2N3O4. The van der Waals surface area contributed by atoms with Crippen LogP contribution < -0.4 is 15.5 Å². The molecule has 34 heavy (non-hydrogen) atoms. The fourth-order valence-electron chi connectivity index (χ4n) is 3.41. The van der Waals surface area contributed by atoms with Gasteiger partial charge in [-0.3, -0.25) is 9.59 Å². The van der Waals surface area contributed by atoms with Crippen LogP contribution in [0.15, 0.2) is 88.7 Å². The summed E-state index contributed by atoms with van der Waals surface area (Å²) in [5, 5.41) is 3.16. The Kier molecular flexibility index (Phi) is 5.35. The van der Waals surface area contributed by atoms with E-state index < -0.39 is 23.0 Å². The fraction of sp³-hybridized carbons (Fsp3) is 0. The highest BCUT2D eigenvalue weighted by molar-refractivity contribution is 6.04. The van der Waals surface area contributed by atoms with Gasteiger partial charge in [0.1, 0.15) is 35.3 Å². The summed E-state index contributed by atoms with van der Waals surface area (Å²) in [6.45, 7) is 0. The number of amides is 1. The Morgan fingerprint density at radius 2 is 1.82 bits per heavy atom. The molecule has 5 aromatic rings. The smallest absolute Gasteiger partial charge is 0.262 e. The number of anilines is 1. The molecule has 0 radical (unpaired) electrons. The van der Waals surface area contributed by atoms with E-state index in [9.17, 15) is 18.4 Å². The van der Waals surface area contributed by atoms with Gasteiger partial charge in [0.05, 0.1) is 10.9 Å². The Labute approximate surface area is 190 Å². The number of fused-ring (bicyclic) bond motifs is 1. The number of rotatable bonds is 5. The van der Waals surface area contributed by atoms with Crippen LogP contribution in [0.5, 0.6) is 11.5 Å². The minimum atomic E-state index is -0.783. The number of carbonyl (C=O) groups is 1. The molecule has 7 nitrogen and oxygen atoms in total. The van der Waals surface area contributed by atoms with E-state index in [1.807, 2.05) is 0 Å². The molecule has 0 fully saturated rings. The van der Waals surface area contributed by atoms with Crippen molar-refractivity contribution in [2.75, 3.05) is 5.32 Å².